The molecular formula is C11H19N. The minimum Gasteiger partial charge on any atom is -0.262 e. The molecule has 0 radical (unpaired) electrons. The fourth-order valence-corrected chi connectivity index (χ4v) is 0.813. The molecular weight excluding hydrogens is 146 g/mol. The van der Waals surface area contributed by atoms with Crippen LogP contribution in [-0.4, -0.2) is 5.71 Å². The van der Waals surface area contributed by atoms with Gasteiger partial charge < -0.3 is 0 Å². The maximum absolute atomic E-state index is 4.22. The topological polar surface area (TPSA) is 12.4 Å². The Kier molecular flexibility index (Phi) is 5.35. The molecule has 0 saturated carbocycles. The van der Waals surface area contributed by atoms with E-state index in [4.69, 9.17) is 0 Å². The van der Waals surface area contributed by atoms with E-state index in [1.807, 2.05) is 0 Å². The molecule has 68 valence electrons. The smallest absolute Gasteiger partial charge is 0.0428 e. The molecule has 0 N–H and O–H groups in total. The lowest BCUT2D eigenvalue weighted by Crippen LogP contribution is -2.03. The SMILES string of the molecule is C=C/N=C(\C=C(/C)CC)C(C)C. The summed E-state index contributed by atoms with van der Waals surface area (Å²) in [5.74, 6) is 0.476. The monoisotopic (exact) mass is 165 g/mol. The predicted molar refractivity (Wildman–Crippen MR) is 56.5 cm³/mol. The fourth-order valence-electron chi connectivity index (χ4n) is 0.813. The Morgan fingerprint density at radius 1 is 1.50 bits per heavy atom. The van der Waals surface area contributed by atoms with E-state index >= 15 is 0 Å². The first-order chi connectivity index (χ1) is 5.61. The Morgan fingerprint density at radius 3 is 2.42 bits per heavy atom. The van der Waals surface area contributed by atoms with Gasteiger partial charge in [0.2, 0.25) is 0 Å². The summed E-state index contributed by atoms with van der Waals surface area (Å²) in [7, 11) is 0. The zero-order valence-electron chi connectivity index (χ0n) is 8.59. The standard InChI is InChI=1S/C11H19N/c1-6-10(5)8-11(9(3)4)12-7-2/h7-9H,2,6H2,1,3-5H3/b10-8+,12-11+. The quantitative estimate of drug-likeness (QED) is 0.564. The van der Waals surface area contributed by atoms with Gasteiger partial charge in [-0.3, -0.25) is 4.99 Å². The number of nitrogens with zero attached hydrogens (tertiary/aromatic N) is 1. The third-order valence-corrected chi connectivity index (χ3v) is 1.78. The maximum atomic E-state index is 4.22. The van der Waals surface area contributed by atoms with E-state index in [0.29, 0.717) is 5.92 Å². The van der Waals surface area contributed by atoms with Gasteiger partial charge in [0.1, 0.15) is 0 Å². The predicted octanol–water partition coefficient (Wildman–Crippen LogP) is 3.58. The normalized spacial score (nSPS) is 13.8. The van der Waals surface area contributed by atoms with Crippen LogP contribution in [-0.2, 0) is 0 Å². The Morgan fingerprint density at radius 2 is 2.08 bits per heavy atom. The number of rotatable bonds is 4. The molecule has 0 aromatic rings. The summed E-state index contributed by atoms with van der Waals surface area (Å²) in [6, 6.07) is 0. The van der Waals surface area contributed by atoms with Crippen molar-refractivity contribution < 1.29 is 0 Å². The van der Waals surface area contributed by atoms with Gasteiger partial charge in [-0.1, -0.05) is 32.9 Å². The lowest BCUT2D eigenvalue weighted by molar-refractivity contribution is 0.886. The van der Waals surface area contributed by atoms with Crippen LogP contribution in [0.4, 0.5) is 0 Å². The second-order valence-corrected chi connectivity index (χ2v) is 3.24. The summed E-state index contributed by atoms with van der Waals surface area (Å²) in [5, 5.41) is 0. The number of allylic oxidation sites excluding steroid dienone is 2. The highest BCUT2D eigenvalue weighted by molar-refractivity contribution is 5.97. The van der Waals surface area contributed by atoms with Crippen LogP contribution in [0.2, 0.25) is 0 Å². The summed E-state index contributed by atoms with van der Waals surface area (Å²) < 4.78 is 0. The van der Waals surface area contributed by atoms with Crippen molar-refractivity contribution in [2.75, 3.05) is 0 Å². The minimum absolute atomic E-state index is 0.476. The van der Waals surface area contributed by atoms with E-state index in [9.17, 15) is 0 Å². The highest BCUT2D eigenvalue weighted by Crippen LogP contribution is 2.05. The summed E-state index contributed by atoms with van der Waals surface area (Å²) in [6.07, 6.45) is 4.84. The third-order valence-electron chi connectivity index (χ3n) is 1.78. The number of hydrogen-bond donors (Lipinski definition) is 0. The average molecular weight is 165 g/mol. The molecule has 0 unspecified atom stereocenters. The van der Waals surface area contributed by atoms with Gasteiger partial charge in [0.15, 0.2) is 0 Å². The van der Waals surface area contributed by atoms with Crippen molar-refractivity contribution in [3.05, 3.63) is 24.4 Å². The molecule has 0 saturated heterocycles. The Hall–Kier alpha value is -0.850. The molecule has 0 spiro atoms. The summed E-state index contributed by atoms with van der Waals surface area (Å²) >= 11 is 0. The van der Waals surface area contributed by atoms with E-state index in [2.05, 4.69) is 45.3 Å². The zero-order valence-corrected chi connectivity index (χ0v) is 8.59. The molecule has 0 aromatic heterocycles. The molecule has 12 heavy (non-hydrogen) atoms. The van der Waals surface area contributed by atoms with Crippen molar-refractivity contribution >= 4 is 5.71 Å². The van der Waals surface area contributed by atoms with Crippen molar-refractivity contribution in [2.45, 2.75) is 34.1 Å². The first kappa shape index (κ1) is 11.2. The van der Waals surface area contributed by atoms with Gasteiger partial charge in [0.05, 0.1) is 0 Å². The molecule has 0 aliphatic carbocycles. The second kappa shape index (κ2) is 5.76. The number of aliphatic imine (C=N–C) groups is 1. The van der Waals surface area contributed by atoms with Crippen LogP contribution in [0.25, 0.3) is 0 Å². The first-order valence-electron chi connectivity index (χ1n) is 4.47. The third kappa shape index (κ3) is 4.12. The molecule has 0 rings (SSSR count). The average Bonchev–Trinajstić information content (AvgIpc) is 2.03. The first-order valence-corrected chi connectivity index (χ1v) is 4.47. The van der Waals surface area contributed by atoms with Crippen LogP contribution in [0.15, 0.2) is 29.4 Å². The van der Waals surface area contributed by atoms with E-state index < -0.39 is 0 Å². The van der Waals surface area contributed by atoms with E-state index in [-0.39, 0.29) is 0 Å². The summed E-state index contributed by atoms with van der Waals surface area (Å²) in [6.45, 7) is 12.2. The largest absolute Gasteiger partial charge is 0.262 e. The van der Waals surface area contributed by atoms with Crippen LogP contribution in [0.5, 0.6) is 0 Å². The lowest BCUT2D eigenvalue weighted by Gasteiger charge is -2.05. The molecule has 1 nitrogen and oxygen atoms in total. The van der Waals surface area contributed by atoms with Crippen LogP contribution in [0.1, 0.15) is 34.1 Å². The van der Waals surface area contributed by atoms with Crippen LogP contribution in [0, 0.1) is 5.92 Å². The van der Waals surface area contributed by atoms with Crippen molar-refractivity contribution in [2.24, 2.45) is 10.9 Å². The maximum Gasteiger partial charge on any atom is 0.0428 e. The van der Waals surface area contributed by atoms with Gasteiger partial charge in [-0.05, 0) is 25.3 Å². The van der Waals surface area contributed by atoms with Crippen molar-refractivity contribution in [1.29, 1.82) is 0 Å². The van der Waals surface area contributed by atoms with Gasteiger partial charge in [-0.25, -0.2) is 0 Å². The Balaban J connectivity index is 4.54. The van der Waals surface area contributed by atoms with E-state index in [0.717, 1.165) is 12.1 Å². The van der Waals surface area contributed by atoms with Crippen molar-refractivity contribution in [3.8, 4) is 0 Å². The molecule has 0 heterocycles. The van der Waals surface area contributed by atoms with Crippen LogP contribution >= 0.6 is 0 Å². The molecule has 0 aromatic carbocycles. The van der Waals surface area contributed by atoms with Crippen molar-refractivity contribution in [3.63, 3.8) is 0 Å². The molecule has 0 bridgehead atoms. The van der Waals surface area contributed by atoms with Gasteiger partial charge >= 0.3 is 0 Å². The molecule has 0 fully saturated rings. The zero-order chi connectivity index (χ0) is 9.56. The minimum atomic E-state index is 0.476. The molecule has 0 aliphatic rings. The summed E-state index contributed by atoms with van der Waals surface area (Å²) in [4.78, 5) is 4.22. The van der Waals surface area contributed by atoms with Gasteiger partial charge in [-0.15, -0.1) is 0 Å². The highest BCUT2D eigenvalue weighted by Gasteiger charge is 2.00. The molecule has 0 amide bonds. The molecule has 1 heteroatoms. The van der Waals surface area contributed by atoms with Gasteiger partial charge in [0, 0.05) is 11.9 Å². The Bertz CT molecular complexity index is 197. The van der Waals surface area contributed by atoms with Crippen molar-refractivity contribution in [1.82, 2.24) is 0 Å². The van der Waals surface area contributed by atoms with E-state index in [1.165, 1.54) is 5.57 Å². The lowest BCUT2D eigenvalue weighted by atomic mass is 10.0. The highest BCUT2D eigenvalue weighted by atomic mass is 14.7. The summed E-state index contributed by atoms with van der Waals surface area (Å²) in [5.41, 5.74) is 2.48. The van der Waals surface area contributed by atoms with E-state index in [1.54, 1.807) is 6.20 Å². The fraction of sp³-hybridized carbons (Fsp3) is 0.545. The van der Waals surface area contributed by atoms with Gasteiger partial charge in [0.25, 0.3) is 0 Å². The number of hydrogen-bond acceptors (Lipinski definition) is 1. The van der Waals surface area contributed by atoms with Gasteiger partial charge in [-0.2, -0.15) is 0 Å². The Labute approximate surface area is 75.9 Å². The van der Waals surface area contributed by atoms with Crippen LogP contribution < -0.4 is 0 Å². The van der Waals surface area contributed by atoms with Crippen LogP contribution in [0.3, 0.4) is 0 Å². The molecule has 0 aliphatic heterocycles. The molecule has 0 atom stereocenters. The second-order valence-electron chi connectivity index (χ2n) is 3.24.